The highest BCUT2D eigenvalue weighted by atomic mass is 32.1. The largest absolute Gasteiger partial charge is 0.361 e. The summed E-state index contributed by atoms with van der Waals surface area (Å²) in [6, 6.07) is 12.4. The van der Waals surface area contributed by atoms with Gasteiger partial charge in [-0.25, -0.2) is 4.98 Å². The van der Waals surface area contributed by atoms with Crippen LogP contribution in [0.4, 0.5) is 19.6 Å². The molecule has 1 aromatic heterocycles. The maximum absolute atomic E-state index is 13.2. The van der Waals surface area contributed by atoms with Crippen molar-refractivity contribution in [1.29, 1.82) is 0 Å². The number of nitrogens with one attached hydrogen (secondary N) is 2. The average molecular weight is 445 g/mol. The van der Waals surface area contributed by atoms with E-state index in [2.05, 4.69) is 21.7 Å². The third-order valence-electron chi connectivity index (χ3n) is 5.22. The number of hydrogen-bond donors (Lipinski definition) is 2. The normalized spacial score (nSPS) is 15.7. The molecule has 0 saturated heterocycles. The third-order valence-corrected chi connectivity index (χ3v) is 6.55. The second-order valence-corrected chi connectivity index (χ2v) is 9.15. The maximum Gasteiger partial charge on any atom is 0.283 e. The van der Waals surface area contributed by atoms with Crippen molar-refractivity contribution in [3.8, 4) is 10.4 Å². The Hall–Kier alpha value is -2.37. The molecule has 2 N–H and O–H groups in total. The Balaban J connectivity index is 1.31. The Bertz CT molecular complexity index is 1060. The van der Waals surface area contributed by atoms with Gasteiger partial charge in [0.25, 0.3) is 5.66 Å². The van der Waals surface area contributed by atoms with Crippen LogP contribution in [0.3, 0.4) is 0 Å². The first-order chi connectivity index (χ1) is 14.3. The summed E-state index contributed by atoms with van der Waals surface area (Å²) in [5.41, 5.74) is 1.11. The van der Waals surface area contributed by atoms with Gasteiger partial charge in [0.15, 0.2) is 5.13 Å². The zero-order chi connectivity index (χ0) is 21.3. The molecule has 2 atom stereocenters. The van der Waals surface area contributed by atoms with E-state index in [4.69, 9.17) is 0 Å². The molecule has 2 unspecified atom stereocenters. The number of amides is 1. The molecule has 0 spiro atoms. The summed E-state index contributed by atoms with van der Waals surface area (Å²) in [6.45, 7) is 2.65. The summed E-state index contributed by atoms with van der Waals surface area (Å²) in [6.07, 6.45) is 3.51. The van der Waals surface area contributed by atoms with Crippen LogP contribution in [0.5, 0.6) is 0 Å². The number of benzene rings is 2. The number of aryl methyl sites for hydroxylation is 1. The number of hydrogen-bond acceptors (Lipinski definition) is 4. The lowest BCUT2D eigenvalue weighted by Gasteiger charge is -2.11. The number of carbonyl (C=O) groups is 1. The van der Waals surface area contributed by atoms with Crippen molar-refractivity contribution in [2.75, 3.05) is 17.2 Å². The molecule has 1 amide bonds. The van der Waals surface area contributed by atoms with Crippen molar-refractivity contribution in [3.05, 3.63) is 65.4 Å². The fourth-order valence-corrected chi connectivity index (χ4v) is 4.47. The van der Waals surface area contributed by atoms with Gasteiger partial charge < -0.3 is 10.6 Å². The van der Waals surface area contributed by atoms with Crippen molar-refractivity contribution in [2.45, 2.75) is 31.3 Å². The second-order valence-electron chi connectivity index (χ2n) is 7.39. The fourth-order valence-electron chi connectivity index (χ4n) is 3.44. The summed E-state index contributed by atoms with van der Waals surface area (Å²) >= 11 is 1.57. The minimum absolute atomic E-state index is 0.00536. The molecule has 3 aromatic rings. The molecule has 4 nitrogen and oxygen atoms in total. The molecule has 1 aliphatic rings. The predicted molar refractivity (Wildman–Crippen MR) is 121 cm³/mol. The van der Waals surface area contributed by atoms with Gasteiger partial charge in [0.05, 0.1) is 10.8 Å². The lowest BCUT2D eigenvalue weighted by atomic mass is 10.0. The number of halogens is 2. The van der Waals surface area contributed by atoms with Gasteiger partial charge in [0, 0.05) is 24.0 Å². The first-order valence-corrected chi connectivity index (χ1v) is 11.1. The smallest absolute Gasteiger partial charge is 0.283 e. The Morgan fingerprint density at radius 2 is 2.00 bits per heavy atom. The number of thiazole rings is 1. The van der Waals surface area contributed by atoms with Crippen LogP contribution >= 0.6 is 20.6 Å². The summed E-state index contributed by atoms with van der Waals surface area (Å²) in [4.78, 5) is 17.3. The second kappa shape index (κ2) is 8.40. The SMILES string of the molecule is CC1C(=O)Nc2ccc(-c3cnc(NCCCc4ccc(C(F)(F)P)cc4)s3)cc21. The predicted octanol–water partition coefficient (Wildman–Crippen LogP) is 5.83. The van der Waals surface area contributed by atoms with Gasteiger partial charge in [0.2, 0.25) is 5.91 Å². The summed E-state index contributed by atoms with van der Waals surface area (Å²) in [5.74, 6) is -0.104. The van der Waals surface area contributed by atoms with E-state index in [1.165, 1.54) is 12.1 Å². The molecule has 0 fully saturated rings. The Morgan fingerprint density at radius 3 is 2.73 bits per heavy atom. The minimum Gasteiger partial charge on any atom is -0.361 e. The highest BCUT2D eigenvalue weighted by Gasteiger charge is 2.27. The Labute approximate surface area is 180 Å². The van der Waals surface area contributed by atoms with Gasteiger partial charge in [-0.15, -0.1) is 0 Å². The van der Waals surface area contributed by atoms with Crippen molar-refractivity contribution in [2.24, 2.45) is 0 Å². The monoisotopic (exact) mass is 445 g/mol. The zero-order valence-electron chi connectivity index (χ0n) is 16.4. The number of rotatable bonds is 7. The van der Waals surface area contributed by atoms with E-state index >= 15 is 0 Å². The highest BCUT2D eigenvalue weighted by Crippen LogP contribution is 2.37. The minimum atomic E-state index is -2.88. The van der Waals surface area contributed by atoms with E-state index < -0.39 is 5.66 Å². The average Bonchev–Trinajstić information content (AvgIpc) is 3.30. The van der Waals surface area contributed by atoms with E-state index in [0.29, 0.717) is 0 Å². The summed E-state index contributed by atoms with van der Waals surface area (Å²) in [5, 5.41) is 7.05. The molecule has 30 heavy (non-hydrogen) atoms. The van der Waals surface area contributed by atoms with Gasteiger partial charge in [-0.2, -0.15) is 8.78 Å². The van der Waals surface area contributed by atoms with Crippen LogP contribution in [-0.4, -0.2) is 17.4 Å². The number of alkyl halides is 2. The topological polar surface area (TPSA) is 54.0 Å². The number of fused-ring (bicyclic) bond motifs is 1. The van der Waals surface area contributed by atoms with Gasteiger partial charge in [0.1, 0.15) is 0 Å². The van der Waals surface area contributed by atoms with E-state index in [-0.39, 0.29) is 17.4 Å². The molecule has 0 aliphatic carbocycles. The number of anilines is 2. The standard InChI is InChI=1S/C22H22F2N3OPS/c1-13-17-11-15(6-9-18(17)27-20(13)28)19-12-26-21(30-19)25-10-2-3-14-4-7-16(8-5-14)22(23,24)29/h4-9,11-13H,2-3,10,29H2,1H3,(H,25,26)(H,27,28). The van der Waals surface area contributed by atoms with Gasteiger partial charge >= 0.3 is 0 Å². The molecule has 4 rings (SSSR count). The van der Waals surface area contributed by atoms with Crippen LogP contribution < -0.4 is 10.6 Å². The van der Waals surface area contributed by atoms with Gasteiger partial charge in [-0.3, -0.25) is 4.79 Å². The fraction of sp³-hybridized carbons (Fsp3) is 0.273. The van der Waals surface area contributed by atoms with Crippen LogP contribution in [0.15, 0.2) is 48.7 Å². The van der Waals surface area contributed by atoms with Crippen LogP contribution in [-0.2, 0) is 16.9 Å². The molecule has 2 heterocycles. The molecular formula is C22H22F2N3OPS. The van der Waals surface area contributed by atoms with Crippen LogP contribution in [0.2, 0.25) is 0 Å². The maximum atomic E-state index is 13.2. The zero-order valence-corrected chi connectivity index (χ0v) is 18.4. The van der Waals surface area contributed by atoms with Crippen molar-refractivity contribution in [3.63, 3.8) is 0 Å². The van der Waals surface area contributed by atoms with Crippen molar-refractivity contribution < 1.29 is 13.6 Å². The van der Waals surface area contributed by atoms with E-state index in [9.17, 15) is 13.6 Å². The summed E-state index contributed by atoms with van der Waals surface area (Å²) < 4.78 is 26.5. The molecule has 8 heteroatoms. The lowest BCUT2D eigenvalue weighted by molar-refractivity contribution is -0.116. The van der Waals surface area contributed by atoms with Crippen LogP contribution in [0.1, 0.15) is 36.0 Å². The van der Waals surface area contributed by atoms with Crippen molar-refractivity contribution >= 4 is 37.3 Å². The van der Waals surface area contributed by atoms with E-state index in [1.54, 1.807) is 32.7 Å². The molecule has 0 radical (unpaired) electrons. The van der Waals surface area contributed by atoms with Gasteiger partial charge in [-0.1, -0.05) is 50.9 Å². The first kappa shape index (κ1) is 20.9. The molecule has 0 saturated carbocycles. The van der Waals surface area contributed by atoms with E-state index in [0.717, 1.165) is 51.8 Å². The Morgan fingerprint density at radius 1 is 1.23 bits per heavy atom. The number of nitrogens with zero attached hydrogens (tertiary/aromatic N) is 1. The molecule has 1 aliphatic heterocycles. The molecular weight excluding hydrogens is 423 g/mol. The van der Waals surface area contributed by atoms with E-state index in [1.807, 2.05) is 25.3 Å². The lowest BCUT2D eigenvalue weighted by Crippen LogP contribution is -2.08. The van der Waals surface area contributed by atoms with Crippen LogP contribution in [0, 0.1) is 0 Å². The quantitative estimate of drug-likeness (QED) is 0.355. The molecule has 156 valence electrons. The highest BCUT2D eigenvalue weighted by molar-refractivity contribution is 7.18. The third kappa shape index (κ3) is 4.52. The van der Waals surface area contributed by atoms with Crippen molar-refractivity contribution in [1.82, 2.24) is 4.98 Å². The number of carbonyl (C=O) groups excluding carboxylic acids is 1. The van der Waals surface area contributed by atoms with Gasteiger partial charge in [-0.05, 0) is 48.6 Å². The Kier molecular flexibility index (Phi) is 5.85. The molecule has 2 aromatic carbocycles. The molecule has 0 bridgehead atoms. The summed E-state index contributed by atoms with van der Waals surface area (Å²) in [7, 11) is 1.56. The number of aromatic nitrogens is 1. The van der Waals surface area contributed by atoms with Crippen LogP contribution in [0.25, 0.3) is 10.4 Å². The first-order valence-electron chi connectivity index (χ1n) is 9.72.